The zero-order valence-electron chi connectivity index (χ0n) is 32.1. The second-order valence-electron chi connectivity index (χ2n) is 16.0. The Morgan fingerprint density at radius 2 is 0.828 bits per heavy atom. The van der Waals surface area contributed by atoms with Crippen LogP contribution in [0.1, 0.15) is 45.3 Å². The van der Waals surface area contributed by atoms with Crippen LogP contribution in [0.25, 0.3) is 72.3 Å². The van der Waals surface area contributed by atoms with Crippen LogP contribution in [0.3, 0.4) is 0 Å². The quantitative estimate of drug-likeness (QED) is 0.166. The van der Waals surface area contributed by atoms with E-state index in [0.29, 0.717) is 0 Å². The number of carbonyl (C=O) groups is 1. The molecule has 11 rings (SSSR count). The summed E-state index contributed by atoms with van der Waals surface area (Å²) in [4.78, 5) is 14.3. The van der Waals surface area contributed by atoms with Gasteiger partial charge in [0.2, 0.25) is 0 Å². The number of carbonyl (C=O) groups excluding carboxylic acids is 1. The van der Waals surface area contributed by atoms with Crippen molar-refractivity contribution in [3.63, 3.8) is 0 Å². The van der Waals surface area contributed by atoms with Gasteiger partial charge in [0.25, 0.3) is 0 Å². The number of fused-ring (bicyclic) bond motifs is 4. The van der Waals surface area contributed by atoms with E-state index in [2.05, 4.69) is 200 Å². The van der Waals surface area contributed by atoms with Crippen molar-refractivity contribution in [1.82, 2.24) is 0 Å². The molecule has 3 atom stereocenters. The van der Waals surface area contributed by atoms with Crippen molar-refractivity contribution < 1.29 is 4.79 Å². The first-order valence-electron chi connectivity index (χ1n) is 20.4. The Labute approximate surface area is 340 Å². The summed E-state index contributed by atoms with van der Waals surface area (Å²) in [6, 6.07) is 69.7. The third-order valence-corrected chi connectivity index (χ3v) is 12.6. The zero-order valence-corrected chi connectivity index (χ0v) is 32.1. The highest BCUT2D eigenvalue weighted by molar-refractivity contribution is 6.11. The first kappa shape index (κ1) is 34.2. The lowest BCUT2D eigenvalue weighted by Gasteiger charge is -2.41. The van der Waals surface area contributed by atoms with Crippen molar-refractivity contribution in [1.29, 1.82) is 0 Å². The van der Waals surface area contributed by atoms with Gasteiger partial charge in [0, 0.05) is 17.4 Å². The van der Waals surface area contributed by atoms with Gasteiger partial charge in [-0.2, -0.15) is 0 Å². The minimum Gasteiger partial charge on any atom is -0.293 e. The second-order valence-corrected chi connectivity index (χ2v) is 16.0. The first-order chi connectivity index (χ1) is 28.6. The van der Waals surface area contributed by atoms with E-state index in [4.69, 9.17) is 0 Å². The van der Waals surface area contributed by atoms with E-state index >= 15 is 0 Å². The molecule has 0 radical (unpaired) electrons. The Balaban J connectivity index is 1.01. The molecule has 3 unspecified atom stereocenters. The maximum Gasteiger partial charge on any atom is 0.170 e. The number of rotatable bonds is 6. The highest BCUT2D eigenvalue weighted by Crippen LogP contribution is 2.55. The molecule has 0 saturated carbocycles. The Kier molecular flexibility index (Phi) is 8.33. The van der Waals surface area contributed by atoms with Gasteiger partial charge in [-0.1, -0.05) is 182 Å². The molecule has 0 bridgehead atoms. The number of Topliss-reactive ketones (excluding diaryl/α,β-unsaturated/α-hetero) is 1. The van der Waals surface area contributed by atoms with Gasteiger partial charge in [0.1, 0.15) is 0 Å². The summed E-state index contributed by atoms with van der Waals surface area (Å²) in [7, 11) is 0. The van der Waals surface area contributed by atoms with E-state index in [1.54, 1.807) is 0 Å². The van der Waals surface area contributed by atoms with Gasteiger partial charge >= 0.3 is 0 Å². The fraction of sp³-hybridized carbons (Fsp3) is 0.0702. The van der Waals surface area contributed by atoms with Gasteiger partial charge in [-0.15, -0.1) is 0 Å². The van der Waals surface area contributed by atoms with E-state index in [-0.39, 0.29) is 23.5 Å². The lowest BCUT2D eigenvalue weighted by atomic mass is 9.62. The third-order valence-electron chi connectivity index (χ3n) is 12.6. The van der Waals surface area contributed by atoms with Crippen LogP contribution in [0.15, 0.2) is 212 Å². The molecular formula is C57H40O. The maximum atomic E-state index is 14.3. The van der Waals surface area contributed by atoms with E-state index in [0.717, 1.165) is 17.5 Å². The maximum absolute atomic E-state index is 14.3. The summed E-state index contributed by atoms with van der Waals surface area (Å²) in [6.45, 7) is 0. The molecule has 8 aromatic rings. The molecule has 0 fully saturated rings. The van der Waals surface area contributed by atoms with Gasteiger partial charge < -0.3 is 0 Å². The molecule has 1 nitrogen and oxygen atoms in total. The first-order valence-corrected chi connectivity index (χ1v) is 20.4. The van der Waals surface area contributed by atoms with Gasteiger partial charge in [0.05, 0.1) is 0 Å². The van der Waals surface area contributed by atoms with E-state index < -0.39 is 0 Å². The Hall–Kier alpha value is -7.09. The van der Waals surface area contributed by atoms with Crippen LogP contribution >= 0.6 is 0 Å². The fourth-order valence-electron chi connectivity index (χ4n) is 9.71. The van der Waals surface area contributed by atoms with Gasteiger partial charge in [-0.3, -0.25) is 4.79 Å². The second kappa shape index (κ2) is 14.1. The Morgan fingerprint density at radius 1 is 0.379 bits per heavy atom. The fourth-order valence-corrected chi connectivity index (χ4v) is 9.71. The molecule has 0 aliphatic heterocycles. The van der Waals surface area contributed by atoms with Crippen molar-refractivity contribution >= 4 is 11.4 Å². The molecule has 3 aliphatic rings. The van der Waals surface area contributed by atoms with E-state index in [1.165, 1.54) is 83.5 Å². The van der Waals surface area contributed by atoms with Crippen molar-refractivity contribution in [2.45, 2.75) is 18.3 Å². The van der Waals surface area contributed by atoms with Gasteiger partial charge in [0.15, 0.2) is 5.78 Å². The number of benzene rings is 8. The molecule has 0 N–H and O–H groups in total. The van der Waals surface area contributed by atoms with Crippen LogP contribution in [-0.4, -0.2) is 5.78 Å². The molecule has 0 spiro atoms. The Bertz CT molecular complexity index is 2950. The number of ketones is 1. The molecular weight excluding hydrogens is 701 g/mol. The molecule has 0 amide bonds. The molecule has 0 saturated heterocycles. The lowest BCUT2D eigenvalue weighted by Crippen LogP contribution is -2.31. The molecule has 58 heavy (non-hydrogen) atoms. The summed E-state index contributed by atoms with van der Waals surface area (Å²) in [5, 5.41) is 0. The predicted octanol–water partition coefficient (Wildman–Crippen LogP) is 14.7. The number of hydrogen-bond donors (Lipinski definition) is 0. The minimum atomic E-state index is -0.151. The molecule has 274 valence electrons. The summed E-state index contributed by atoms with van der Waals surface area (Å²) < 4.78 is 0. The highest BCUT2D eigenvalue weighted by Gasteiger charge is 2.42. The normalized spacial score (nSPS) is 17.5. The molecule has 1 heteroatoms. The van der Waals surface area contributed by atoms with Gasteiger partial charge in [-0.25, -0.2) is 0 Å². The monoisotopic (exact) mass is 740 g/mol. The molecule has 8 aromatic carbocycles. The average Bonchev–Trinajstić information content (AvgIpc) is 3.31. The van der Waals surface area contributed by atoms with Crippen molar-refractivity contribution in [2.75, 3.05) is 0 Å². The molecule has 0 heterocycles. The summed E-state index contributed by atoms with van der Waals surface area (Å²) in [6.07, 6.45) is 7.98. The zero-order chi connectivity index (χ0) is 38.6. The topological polar surface area (TPSA) is 17.1 Å². The highest BCUT2D eigenvalue weighted by atomic mass is 16.1. The molecule has 0 aromatic heterocycles. The Morgan fingerprint density at radius 3 is 1.40 bits per heavy atom. The smallest absolute Gasteiger partial charge is 0.170 e. The van der Waals surface area contributed by atoms with Crippen LogP contribution in [0.2, 0.25) is 0 Å². The van der Waals surface area contributed by atoms with Crippen LogP contribution < -0.4 is 0 Å². The number of allylic oxidation sites excluding steroid dienone is 4. The van der Waals surface area contributed by atoms with E-state index in [9.17, 15) is 4.79 Å². The third kappa shape index (κ3) is 5.99. The van der Waals surface area contributed by atoms with Crippen LogP contribution in [0.4, 0.5) is 0 Å². The van der Waals surface area contributed by atoms with Gasteiger partial charge in [-0.05, 0) is 132 Å². The van der Waals surface area contributed by atoms with Crippen molar-refractivity contribution in [2.24, 2.45) is 5.92 Å². The van der Waals surface area contributed by atoms with Crippen LogP contribution in [-0.2, 0) is 0 Å². The van der Waals surface area contributed by atoms with E-state index in [1.807, 2.05) is 12.1 Å². The van der Waals surface area contributed by atoms with Crippen molar-refractivity contribution in [3.05, 3.63) is 235 Å². The summed E-state index contributed by atoms with van der Waals surface area (Å²) >= 11 is 0. The minimum absolute atomic E-state index is 0.151. The van der Waals surface area contributed by atoms with Crippen LogP contribution in [0.5, 0.6) is 0 Å². The largest absolute Gasteiger partial charge is 0.293 e. The average molecular weight is 741 g/mol. The summed E-state index contributed by atoms with van der Waals surface area (Å²) in [5.74, 6) is 0.488. The standard InChI is InChI=1S/C57H40O/c58-57-51-26-8-7-25-50(51)53-35-49(46-24-12-22-44(32-46)42-20-10-18-40(30-42)38-15-5-2-6-16-38)36-54-52-33-47(27-28-48(52)34-55(57)56(53)54)45-23-11-21-43(31-45)41-19-9-17-39(29-41)37-13-3-1-4-14-37/h1-33,35-36,48,52,55H,34H2. The summed E-state index contributed by atoms with van der Waals surface area (Å²) in [5.41, 5.74) is 20.0. The molecule has 3 aliphatic carbocycles. The SMILES string of the molecule is O=C1c2ccccc2-c2cc(-c3cccc(-c4cccc(-c5ccccc5)c4)c3)cc3c2C1CC1C=CC(c2cccc(-c4cccc(-c5ccccc5)c4)c2)=CC31. The van der Waals surface area contributed by atoms with Crippen LogP contribution in [0, 0.1) is 5.92 Å². The lowest BCUT2D eigenvalue weighted by molar-refractivity contribution is 0.0941. The van der Waals surface area contributed by atoms with Crippen molar-refractivity contribution in [3.8, 4) is 66.8 Å². The predicted molar refractivity (Wildman–Crippen MR) is 241 cm³/mol. The number of hydrogen-bond acceptors (Lipinski definition) is 1.